The standard InChI is InChI=1S/C26H29FN2O5S/c1-19(21-9-11-22(27)12-10-21)28-26(30)18-29(16-15-20-7-5-4-6-8-20)35(31,32)23-13-14-24(33-2)25(17-23)34-3/h4-14,17,19H,15-16,18H2,1-3H3,(H,28,30). The summed E-state index contributed by atoms with van der Waals surface area (Å²) in [5.74, 6) is -0.182. The quantitative estimate of drug-likeness (QED) is 0.431. The number of sulfonamides is 1. The molecule has 1 unspecified atom stereocenters. The van der Waals surface area contributed by atoms with Gasteiger partial charge in [-0.25, -0.2) is 12.8 Å². The molecular weight excluding hydrogens is 471 g/mol. The maximum Gasteiger partial charge on any atom is 0.243 e. The van der Waals surface area contributed by atoms with E-state index >= 15 is 0 Å². The molecule has 0 heterocycles. The lowest BCUT2D eigenvalue weighted by Gasteiger charge is -2.23. The molecule has 3 rings (SSSR count). The van der Waals surface area contributed by atoms with Crippen LogP contribution in [0.15, 0.2) is 77.7 Å². The number of amides is 1. The van der Waals surface area contributed by atoms with E-state index in [9.17, 15) is 17.6 Å². The van der Waals surface area contributed by atoms with Gasteiger partial charge < -0.3 is 14.8 Å². The van der Waals surface area contributed by atoms with E-state index < -0.39 is 22.0 Å². The second-order valence-corrected chi connectivity index (χ2v) is 9.87. The number of nitrogens with one attached hydrogen (secondary N) is 1. The lowest BCUT2D eigenvalue weighted by molar-refractivity contribution is -0.121. The molecule has 186 valence electrons. The van der Waals surface area contributed by atoms with Crippen molar-refractivity contribution >= 4 is 15.9 Å². The van der Waals surface area contributed by atoms with Gasteiger partial charge in [-0.3, -0.25) is 4.79 Å². The minimum Gasteiger partial charge on any atom is -0.493 e. The summed E-state index contributed by atoms with van der Waals surface area (Å²) < 4.78 is 52.0. The number of nitrogens with zero attached hydrogens (tertiary/aromatic N) is 1. The second kappa shape index (κ2) is 11.8. The molecule has 35 heavy (non-hydrogen) atoms. The Labute approximate surface area is 205 Å². The average Bonchev–Trinajstić information content (AvgIpc) is 2.86. The van der Waals surface area contributed by atoms with Gasteiger partial charge in [0.25, 0.3) is 0 Å². The van der Waals surface area contributed by atoms with Gasteiger partial charge in [-0.05, 0) is 48.7 Å². The third kappa shape index (κ3) is 6.80. The molecule has 0 saturated carbocycles. The van der Waals surface area contributed by atoms with Crippen LogP contribution in [0.1, 0.15) is 24.1 Å². The maximum atomic E-state index is 13.6. The zero-order valence-corrected chi connectivity index (χ0v) is 20.7. The van der Waals surface area contributed by atoms with Crippen molar-refractivity contribution < 1.29 is 27.1 Å². The van der Waals surface area contributed by atoms with Crippen molar-refractivity contribution in [2.45, 2.75) is 24.3 Å². The SMILES string of the molecule is COc1ccc(S(=O)(=O)N(CCc2ccccc2)CC(=O)NC(C)c2ccc(F)cc2)cc1OC. The lowest BCUT2D eigenvalue weighted by atomic mass is 10.1. The van der Waals surface area contributed by atoms with Gasteiger partial charge >= 0.3 is 0 Å². The highest BCUT2D eigenvalue weighted by Gasteiger charge is 2.28. The van der Waals surface area contributed by atoms with Gasteiger partial charge in [0.1, 0.15) is 5.82 Å². The van der Waals surface area contributed by atoms with Crippen LogP contribution < -0.4 is 14.8 Å². The zero-order valence-electron chi connectivity index (χ0n) is 19.9. The number of halogens is 1. The Morgan fingerprint density at radius 2 is 1.63 bits per heavy atom. The number of carbonyl (C=O) groups excluding carboxylic acids is 1. The summed E-state index contributed by atoms with van der Waals surface area (Å²) in [6.07, 6.45) is 0.425. The Morgan fingerprint density at radius 3 is 2.26 bits per heavy atom. The molecule has 3 aromatic carbocycles. The number of benzene rings is 3. The van der Waals surface area contributed by atoms with Crippen molar-refractivity contribution in [2.75, 3.05) is 27.3 Å². The van der Waals surface area contributed by atoms with Crippen LogP contribution in [-0.2, 0) is 21.2 Å². The highest BCUT2D eigenvalue weighted by Crippen LogP contribution is 2.30. The Morgan fingerprint density at radius 1 is 0.971 bits per heavy atom. The van der Waals surface area contributed by atoms with Crippen molar-refractivity contribution in [1.82, 2.24) is 9.62 Å². The van der Waals surface area contributed by atoms with Gasteiger partial charge in [-0.2, -0.15) is 4.31 Å². The van der Waals surface area contributed by atoms with Crippen LogP contribution in [0.4, 0.5) is 4.39 Å². The summed E-state index contributed by atoms with van der Waals surface area (Å²) in [6, 6.07) is 19.1. The second-order valence-electron chi connectivity index (χ2n) is 7.93. The Kier molecular flexibility index (Phi) is 8.84. The highest BCUT2D eigenvalue weighted by atomic mass is 32.2. The van der Waals surface area contributed by atoms with Crippen LogP contribution >= 0.6 is 0 Å². The smallest absolute Gasteiger partial charge is 0.243 e. The third-order valence-corrected chi connectivity index (χ3v) is 7.39. The summed E-state index contributed by atoms with van der Waals surface area (Å²) in [5, 5.41) is 2.80. The molecule has 0 fully saturated rings. The summed E-state index contributed by atoms with van der Waals surface area (Å²) in [6.45, 7) is 1.47. The molecule has 0 bridgehead atoms. The monoisotopic (exact) mass is 500 g/mol. The Bertz CT molecular complexity index is 1230. The highest BCUT2D eigenvalue weighted by molar-refractivity contribution is 7.89. The first-order chi connectivity index (χ1) is 16.7. The molecule has 1 atom stereocenters. The molecule has 0 aliphatic heterocycles. The Balaban J connectivity index is 1.83. The van der Waals surface area contributed by atoms with Crippen molar-refractivity contribution in [3.63, 3.8) is 0 Å². The fourth-order valence-corrected chi connectivity index (χ4v) is 5.00. The number of rotatable bonds is 11. The Hall–Kier alpha value is -3.43. The normalized spacial score (nSPS) is 12.3. The molecule has 1 amide bonds. The fraction of sp³-hybridized carbons (Fsp3) is 0.269. The van der Waals surface area contributed by atoms with E-state index in [-0.39, 0.29) is 29.6 Å². The predicted octanol–water partition coefficient (Wildman–Crippen LogP) is 3.95. The van der Waals surface area contributed by atoms with Crippen LogP contribution in [0.3, 0.4) is 0 Å². The molecule has 0 aliphatic rings. The van der Waals surface area contributed by atoms with Crippen LogP contribution in [0.25, 0.3) is 0 Å². The van der Waals surface area contributed by atoms with Gasteiger partial charge in [0.15, 0.2) is 11.5 Å². The molecule has 0 radical (unpaired) electrons. The van der Waals surface area contributed by atoms with E-state index in [0.717, 1.165) is 9.87 Å². The predicted molar refractivity (Wildman–Crippen MR) is 131 cm³/mol. The van der Waals surface area contributed by atoms with Crippen LogP contribution in [0, 0.1) is 5.82 Å². The van der Waals surface area contributed by atoms with Crippen LogP contribution in [0.2, 0.25) is 0 Å². The fourth-order valence-electron chi connectivity index (χ4n) is 3.59. The van der Waals surface area contributed by atoms with Crippen molar-refractivity contribution in [1.29, 1.82) is 0 Å². The number of ether oxygens (including phenoxy) is 2. The van der Waals surface area contributed by atoms with E-state index in [0.29, 0.717) is 17.7 Å². The molecule has 1 N–H and O–H groups in total. The van der Waals surface area contributed by atoms with Gasteiger partial charge in [-0.1, -0.05) is 42.5 Å². The summed E-state index contributed by atoms with van der Waals surface area (Å²) in [5.41, 5.74) is 1.65. The van der Waals surface area contributed by atoms with Crippen LogP contribution in [-0.4, -0.2) is 45.9 Å². The topological polar surface area (TPSA) is 84.9 Å². The van der Waals surface area contributed by atoms with E-state index in [1.54, 1.807) is 19.1 Å². The van der Waals surface area contributed by atoms with E-state index in [2.05, 4.69) is 5.32 Å². The molecule has 7 nitrogen and oxygen atoms in total. The minimum absolute atomic E-state index is 0.0115. The first-order valence-electron chi connectivity index (χ1n) is 11.1. The molecule has 9 heteroatoms. The van der Waals surface area contributed by atoms with Crippen molar-refractivity contribution in [3.8, 4) is 11.5 Å². The number of carbonyl (C=O) groups is 1. The maximum absolute atomic E-state index is 13.6. The first-order valence-corrected chi connectivity index (χ1v) is 12.5. The number of methoxy groups -OCH3 is 2. The van der Waals surface area contributed by atoms with Gasteiger partial charge in [0.05, 0.1) is 31.7 Å². The number of hydrogen-bond donors (Lipinski definition) is 1. The van der Waals surface area contributed by atoms with Gasteiger partial charge in [0, 0.05) is 12.6 Å². The summed E-state index contributed by atoms with van der Waals surface area (Å²) >= 11 is 0. The van der Waals surface area contributed by atoms with Crippen molar-refractivity contribution in [3.05, 3.63) is 89.7 Å². The van der Waals surface area contributed by atoms with E-state index in [4.69, 9.17) is 9.47 Å². The largest absolute Gasteiger partial charge is 0.493 e. The first kappa shape index (κ1) is 26.2. The molecule has 0 aliphatic carbocycles. The van der Waals surface area contributed by atoms with Crippen LogP contribution in [0.5, 0.6) is 11.5 Å². The number of hydrogen-bond acceptors (Lipinski definition) is 5. The molecular formula is C26H29FN2O5S. The third-order valence-electron chi connectivity index (χ3n) is 5.55. The van der Waals surface area contributed by atoms with Gasteiger partial charge in [0.2, 0.25) is 15.9 Å². The van der Waals surface area contributed by atoms with E-state index in [1.807, 2.05) is 30.3 Å². The molecule has 0 spiro atoms. The molecule has 0 saturated heterocycles. The zero-order chi connectivity index (χ0) is 25.4. The van der Waals surface area contributed by atoms with Gasteiger partial charge in [-0.15, -0.1) is 0 Å². The van der Waals surface area contributed by atoms with Crippen molar-refractivity contribution in [2.24, 2.45) is 0 Å². The average molecular weight is 501 g/mol. The summed E-state index contributed by atoms with van der Waals surface area (Å²) in [7, 11) is -1.16. The summed E-state index contributed by atoms with van der Waals surface area (Å²) in [4.78, 5) is 12.9. The molecule has 0 aromatic heterocycles. The minimum atomic E-state index is -4.04. The lowest BCUT2D eigenvalue weighted by Crippen LogP contribution is -2.42. The molecule has 3 aromatic rings. The van der Waals surface area contributed by atoms with E-state index in [1.165, 1.54) is 44.6 Å².